The monoisotopic (exact) mass is 462 g/mol. The lowest BCUT2D eigenvalue weighted by Gasteiger charge is -2.21. The van der Waals surface area contributed by atoms with Crippen LogP contribution < -0.4 is 16.4 Å². The molecular formula is C23H29F3N6O. The average Bonchev–Trinajstić information content (AvgIpc) is 2.88. The normalized spacial score (nSPS) is 17.9. The quantitative estimate of drug-likeness (QED) is 0.527. The van der Waals surface area contributed by atoms with Crippen molar-refractivity contribution in [2.75, 3.05) is 10.6 Å². The lowest BCUT2D eigenvalue weighted by atomic mass is 9.88. The number of carbonyl (C=O) groups is 1. The molecule has 0 saturated heterocycles. The van der Waals surface area contributed by atoms with Gasteiger partial charge in [0.25, 0.3) is 0 Å². The highest BCUT2D eigenvalue weighted by atomic mass is 19.1. The minimum Gasteiger partial charge on any atom is -0.370 e. The van der Waals surface area contributed by atoms with Gasteiger partial charge in [0.05, 0.1) is 17.6 Å². The lowest BCUT2D eigenvalue weighted by Crippen LogP contribution is -2.24. The fraction of sp³-hybridized carbons (Fsp3) is 0.478. The summed E-state index contributed by atoms with van der Waals surface area (Å²) in [6.45, 7) is 5.95. The number of amides is 1. The Kier molecular flexibility index (Phi) is 7.88. The second kappa shape index (κ2) is 10.6. The van der Waals surface area contributed by atoms with Crippen molar-refractivity contribution in [3.05, 3.63) is 41.5 Å². The first kappa shape index (κ1) is 24.5. The molecule has 0 aliphatic carbocycles. The van der Waals surface area contributed by atoms with Crippen molar-refractivity contribution in [2.45, 2.75) is 58.9 Å². The number of anilines is 2. The van der Waals surface area contributed by atoms with Crippen LogP contribution in [0.3, 0.4) is 0 Å². The van der Waals surface area contributed by atoms with E-state index in [0.717, 1.165) is 5.69 Å². The predicted octanol–water partition coefficient (Wildman–Crippen LogP) is 4.71. The average molecular weight is 463 g/mol. The maximum absolute atomic E-state index is 14.3. The summed E-state index contributed by atoms with van der Waals surface area (Å²) in [5.74, 6) is -2.80. The molecule has 2 heterocycles. The van der Waals surface area contributed by atoms with E-state index in [1.54, 1.807) is 6.20 Å². The maximum atomic E-state index is 14.3. The molecule has 0 saturated carbocycles. The highest BCUT2D eigenvalue weighted by molar-refractivity contribution is 5.99. The molecule has 1 amide bonds. The van der Waals surface area contributed by atoms with Crippen LogP contribution in [0.5, 0.6) is 0 Å². The number of halogens is 3. The second-order valence-electron chi connectivity index (χ2n) is 8.77. The Balaban J connectivity index is 1.96. The number of rotatable bonds is 8. The van der Waals surface area contributed by atoms with Crippen molar-refractivity contribution < 1.29 is 18.0 Å². The topological polar surface area (TPSA) is 105 Å². The molecule has 1 aliphatic rings. The minimum absolute atomic E-state index is 0.114. The van der Waals surface area contributed by atoms with Crippen LogP contribution in [-0.2, 0) is 11.2 Å². The van der Waals surface area contributed by atoms with E-state index in [-0.39, 0.29) is 30.2 Å². The number of benzene rings is 1. The molecule has 1 aromatic carbocycles. The Morgan fingerprint density at radius 3 is 2.61 bits per heavy atom. The molecule has 0 spiro atoms. The van der Waals surface area contributed by atoms with Gasteiger partial charge in [0.15, 0.2) is 11.6 Å². The highest BCUT2D eigenvalue weighted by Crippen LogP contribution is 2.32. The summed E-state index contributed by atoms with van der Waals surface area (Å²) < 4.78 is 42.0. The molecule has 0 fully saturated rings. The van der Waals surface area contributed by atoms with Crippen LogP contribution in [-0.4, -0.2) is 27.8 Å². The van der Waals surface area contributed by atoms with E-state index in [0.29, 0.717) is 55.3 Å². The summed E-state index contributed by atoms with van der Waals surface area (Å²) in [4.78, 5) is 24.3. The smallest absolute Gasteiger partial charge is 0.223 e. The number of fused-ring (bicyclic) bond motifs is 1. The summed E-state index contributed by atoms with van der Waals surface area (Å²) in [5.41, 5.74) is 6.06. The zero-order chi connectivity index (χ0) is 24.1. The van der Waals surface area contributed by atoms with E-state index in [4.69, 9.17) is 5.73 Å². The molecule has 0 bridgehead atoms. The SMILES string of the molecule is CC(CCC(N)=O)CC1CCc2nc(NC(C)C)ncc2NC1=Nc1c(F)cc(F)cc1F. The Bertz CT molecular complexity index is 1020. The van der Waals surface area contributed by atoms with Crippen LogP contribution in [0, 0.1) is 29.3 Å². The summed E-state index contributed by atoms with van der Waals surface area (Å²) >= 11 is 0. The molecule has 178 valence electrons. The molecule has 1 aromatic heterocycles. The zero-order valence-corrected chi connectivity index (χ0v) is 19.0. The second-order valence-corrected chi connectivity index (χ2v) is 8.77. The number of aryl methyl sites for hydroxylation is 1. The van der Waals surface area contributed by atoms with Crippen molar-refractivity contribution in [3.63, 3.8) is 0 Å². The van der Waals surface area contributed by atoms with Crippen LogP contribution in [0.15, 0.2) is 23.3 Å². The van der Waals surface area contributed by atoms with Gasteiger partial charge in [-0.15, -0.1) is 0 Å². The van der Waals surface area contributed by atoms with E-state index in [1.165, 1.54) is 0 Å². The summed E-state index contributed by atoms with van der Waals surface area (Å²) in [6.07, 6.45) is 4.28. The molecule has 10 heteroatoms. The number of amidine groups is 1. The first-order valence-electron chi connectivity index (χ1n) is 11.0. The number of nitrogens with one attached hydrogen (secondary N) is 2. The minimum atomic E-state index is -1.08. The van der Waals surface area contributed by atoms with E-state index in [9.17, 15) is 18.0 Å². The largest absolute Gasteiger partial charge is 0.370 e. The molecule has 2 atom stereocenters. The Morgan fingerprint density at radius 2 is 1.97 bits per heavy atom. The maximum Gasteiger partial charge on any atom is 0.223 e. The summed E-state index contributed by atoms with van der Waals surface area (Å²) in [5, 5.41) is 6.31. The number of aromatic nitrogens is 2. The van der Waals surface area contributed by atoms with Gasteiger partial charge in [0.1, 0.15) is 17.3 Å². The van der Waals surface area contributed by atoms with Crippen LogP contribution in [0.4, 0.5) is 30.5 Å². The Hall–Kier alpha value is -3.17. The van der Waals surface area contributed by atoms with Gasteiger partial charge in [0.2, 0.25) is 11.9 Å². The molecule has 0 radical (unpaired) electrons. The third-order valence-corrected chi connectivity index (χ3v) is 5.45. The summed E-state index contributed by atoms with van der Waals surface area (Å²) in [7, 11) is 0. The van der Waals surface area contributed by atoms with Gasteiger partial charge >= 0.3 is 0 Å². The van der Waals surface area contributed by atoms with Crippen LogP contribution in [0.1, 0.15) is 52.1 Å². The number of carbonyl (C=O) groups excluding carboxylic acids is 1. The van der Waals surface area contributed by atoms with Gasteiger partial charge in [-0.3, -0.25) is 4.79 Å². The Morgan fingerprint density at radius 1 is 1.27 bits per heavy atom. The van der Waals surface area contributed by atoms with Gasteiger partial charge in [-0.2, -0.15) is 0 Å². The molecule has 7 nitrogen and oxygen atoms in total. The molecule has 1 aliphatic heterocycles. The van der Waals surface area contributed by atoms with Crippen molar-refractivity contribution in [1.29, 1.82) is 0 Å². The van der Waals surface area contributed by atoms with E-state index in [1.807, 2.05) is 20.8 Å². The molecule has 33 heavy (non-hydrogen) atoms. The summed E-state index contributed by atoms with van der Waals surface area (Å²) in [6, 6.07) is 1.36. The number of hydrogen-bond acceptors (Lipinski definition) is 5. The molecule has 2 aromatic rings. The van der Waals surface area contributed by atoms with Gasteiger partial charge in [-0.05, 0) is 45.4 Å². The van der Waals surface area contributed by atoms with Crippen LogP contribution >= 0.6 is 0 Å². The third-order valence-electron chi connectivity index (χ3n) is 5.45. The van der Waals surface area contributed by atoms with Crippen molar-refractivity contribution in [3.8, 4) is 0 Å². The lowest BCUT2D eigenvalue weighted by molar-refractivity contribution is -0.118. The van der Waals surface area contributed by atoms with E-state index >= 15 is 0 Å². The van der Waals surface area contributed by atoms with Gasteiger partial charge in [0, 0.05) is 30.5 Å². The first-order valence-corrected chi connectivity index (χ1v) is 11.0. The predicted molar refractivity (Wildman–Crippen MR) is 122 cm³/mol. The number of nitrogens with zero attached hydrogens (tertiary/aromatic N) is 3. The first-order chi connectivity index (χ1) is 15.6. The standard InChI is InChI=1S/C23H29F3N6O/c1-12(2)29-23-28-11-19-18(31-23)6-5-14(8-13(3)4-7-20(27)33)22(30-19)32-21-16(25)9-15(24)10-17(21)26/h9-14H,4-8H2,1-3H3,(H2,27,33)(H,30,32)(H,28,29,31). The van der Waals surface area contributed by atoms with Crippen molar-refractivity contribution in [2.24, 2.45) is 22.6 Å². The van der Waals surface area contributed by atoms with E-state index in [2.05, 4.69) is 25.6 Å². The van der Waals surface area contributed by atoms with Crippen LogP contribution in [0.2, 0.25) is 0 Å². The number of primary amides is 1. The molecule has 4 N–H and O–H groups in total. The van der Waals surface area contributed by atoms with Gasteiger partial charge < -0.3 is 16.4 Å². The number of aliphatic imine (C=N–C) groups is 1. The highest BCUT2D eigenvalue weighted by Gasteiger charge is 2.26. The molecule has 2 unspecified atom stereocenters. The number of nitrogens with two attached hydrogens (primary N) is 1. The molecular weight excluding hydrogens is 433 g/mol. The van der Waals surface area contributed by atoms with Crippen molar-refractivity contribution >= 4 is 29.1 Å². The molecule has 3 rings (SSSR count). The van der Waals surface area contributed by atoms with Gasteiger partial charge in [-0.25, -0.2) is 28.1 Å². The zero-order valence-electron chi connectivity index (χ0n) is 19.0. The Labute approximate surface area is 191 Å². The van der Waals surface area contributed by atoms with Gasteiger partial charge in [-0.1, -0.05) is 6.92 Å². The fourth-order valence-electron chi connectivity index (χ4n) is 3.83. The number of hydrogen-bond donors (Lipinski definition) is 3. The van der Waals surface area contributed by atoms with Crippen molar-refractivity contribution in [1.82, 2.24) is 9.97 Å². The van der Waals surface area contributed by atoms with E-state index < -0.39 is 23.1 Å². The van der Waals surface area contributed by atoms with Crippen LogP contribution in [0.25, 0.3) is 0 Å². The fourth-order valence-corrected chi connectivity index (χ4v) is 3.83. The third kappa shape index (κ3) is 6.66.